The third-order valence-corrected chi connectivity index (χ3v) is 2.47. The Balaban J connectivity index is 2.35. The SMILES string of the molecule is O=C1CCc2ccc(C=CCO)cc21. The predicted octanol–water partition coefficient (Wildman–Crippen LogP) is 1.82. The van der Waals surface area contributed by atoms with Gasteiger partial charge in [0.1, 0.15) is 0 Å². The Kier molecular flexibility index (Phi) is 2.46. The van der Waals surface area contributed by atoms with Gasteiger partial charge in [-0.25, -0.2) is 0 Å². The van der Waals surface area contributed by atoms with Crippen LogP contribution in [0.4, 0.5) is 0 Å². The lowest BCUT2D eigenvalue weighted by molar-refractivity contribution is 0.0994. The molecule has 0 bridgehead atoms. The van der Waals surface area contributed by atoms with Gasteiger partial charge in [0.25, 0.3) is 0 Å². The molecule has 0 unspecified atom stereocenters. The number of carbonyl (C=O) groups is 1. The van der Waals surface area contributed by atoms with Crippen molar-refractivity contribution in [1.82, 2.24) is 0 Å². The maximum Gasteiger partial charge on any atom is 0.163 e. The number of fused-ring (bicyclic) bond motifs is 1. The lowest BCUT2D eigenvalue weighted by atomic mass is 10.1. The molecule has 1 aliphatic carbocycles. The fourth-order valence-electron chi connectivity index (χ4n) is 1.75. The summed E-state index contributed by atoms with van der Waals surface area (Å²) in [5.74, 6) is 0.235. The second kappa shape index (κ2) is 3.76. The molecular weight excluding hydrogens is 176 g/mol. The molecular formula is C12H12O2. The molecule has 0 saturated carbocycles. The summed E-state index contributed by atoms with van der Waals surface area (Å²) in [5, 5.41) is 8.62. The predicted molar refractivity (Wildman–Crippen MR) is 55.2 cm³/mol. The monoisotopic (exact) mass is 188 g/mol. The summed E-state index contributed by atoms with van der Waals surface area (Å²) in [4.78, 5) is 11.4. The Labute approximate surface area is 82.9 Å². The molecule has 1 aromatic carbocycles. The lowest BCUT2D eigenvalue weighted by Crippen LogP contribution is -1.91. The molecule has 14 heavy (non-hydrogen) atoms. The van der Waals surface area contributed by atoms with Crippen LogP contribution < -0.4 is 0 Å². The van der Waals surface area contributed by atoms with Gasteiger partial charge in [0.05, 0.1) is 6.61 Å². The van der Waals surface area contributed by atoms with E-state index in [4.69, 9.17) is 5.11 Å². The second-order valence-corrected chi connectivity index (χ2v) is 3.42. The van der Waals surface area contributed by atoms with Crippen molar-refractivity contribution >= 4 is 11.9 Å². The van der Waals surface area contributed by atoms with E-state index in [0.717, 1.165) is 23.1 Å². The quantitative estimate of drug-likeness (QED) is 0.768. The molecule has 1 aromatic rings. The fourth-order valence-corrected chi connectivity index (χ4v) is 1.75. The zero-order valence-corrected chi connectivity index (χ0v) is 7.86. The molecule has 0 aromatic heterocycles. The van der Waals surface area contributed by atoms with E-state index in [1.165, 1.54) is 0 Å². The summed E-state index contributed by atoms with van der Waals surface area (Å²) in [5.41, 5.74) is 2.98. The summed E-state index contributed by atoms with van der Waals surface area (Å²) < 4.78 is 0. The zero-order valence-electron chi connectivity index (χ0n) is 7.86. The minimum atomic E-state index is 0.0328. The highest BCUT2D eigenvalue weighted by atomic mass is 16.2. The summed E-state index contributed by atoms with van der Waals surface area (Å²) in [6, 6.07) is 5.87. The van der Waals surface area contributed by atoms with Crippen LogP contribution >= 0.6 is 0 Å². The zero-order chi connectivity index (χ0) is 9.97. The molecule has 72 valence electrons. The van der Waals surface area contributed by atoms with Crippen molar-refractivity contribution in [3.63, 3.8) is 0 Å². The van der Waals surface area contributed by atoms with Crippen molar-refractivity contribution in [2.75, 3.05) is 6.61 Å². The highest BCUT2D eigenvalue weighted by Gasteiger charge is 2.18. The van der Waals surface area contributed by atoms with Crippen LogP contribution in [0.3, 0.4) is 0 Å². The maximum atomic E-state index is 11.4. The average Bonchev–Trinajstić information content (AvgIpc) is 2.57. The molecule has 0 atom stereocenters. The molecule has 0 spiro atoms. The van der Waals surface area contributed by atoms with E-state index < -0.39 is 0 Å². The van der Waals surface area contributed by atoms with Crippen molar-refractivity contribution in [2.24, 2.45) is 0 Å². The minimum Gasteiger partial charge on any atom is -0.392 e. The molecule has 2 nitrogen and oxygen atoms in total. The van der Waals surface area contributed by atoms with Crippen LogP contribution in [-0.2, 0) is 6.42 Å². The number of hydrogen-bond donors (Lipinski definition) is 1. The molecule has 1 aliphatic rings. The molecule has 0 saturated heterocycles. The number of hydrogen-bond acceptors (Lipinski definition) is 2. The Bertz CT molecular complexity index is 391. The van der Waals surface area contributed by atoms with Crippen molar-refractivity contribution < 1.29 is 9.90 Å². The van der Waals surface area contributed by atoms with E-state index >= 15 is 0 Å². The van der Waals surface area contributed by atoms with E-state index in [1.807, 2.05) is 24.3 Å². The number of aliphatic hydroxyl groups is 1. The minimum absolute atomic E-state index is 0.0328. The summed E-state index contributed by atoms with van der Waals surface area (Å²) in [6.45, 7) is 0.0328. The average molecular weight is 188 g/mol. The molecule has 2 heteroatoms. The van der Waals surface area contributed by atoms with E-state index in [9.17, 15) is 4.79 Å². The number of aliphatic hydroxyl groups excluding tert-OH is 1. The van der Waals surface area contributed by atoms with Gasteiger partial charge in [-0.2, -0.15) is 0 Å². The smallest absolute Gasteiger partial charge is 0.163 e. The van der Waals surface area contributed by atoms with Gasteiger partial charge in [-0.05, 0) is 23.6 Å². The Morgan fingerprint density at radius 3 is 3.00 bits per heavy atom. The van der Waals surface area contributed by atoms with Crippen molar-refractivity contribution in [3.05, 3.63) is 41.0 Å². The highest BCUT2D eigenvalue weighted by molar-refractivity contribution is 6.00. The Morgan fingerprint density at radius 1 is 1.36 bits per heavy atom. The molecule has 0 fully saturated rings. The van der Waals surface area contributed by atoms with E-state index in [-0.39, 0.29) is 12.4 Å². The van der Waals surface area contributed by atoms with Gasteiger partial charge in [-0.3, -0.25) is 4.79 Å². The third-order valence-electron chi connectivity index (χ3n) is 2.47. The molecule has 0 amide bonds. The van der Waals surface area contributed by atoms with Crippen LogP contribution in [0.2, 0.25) is 0 Å². The Morgan fingerprint density at radius 2 is 2.21 bits per heavy atom. The fraction of sp³-hybridized carbons (Fsp3) is 0.250. The summed E-state index contributed by atoms with van der Waals surface area (Å²) in [7, 11) is 0. The molecule has 0 heterocycles. The normalized spacial score (nSPS) is 15.1. The van der Waals surface area contributed by atoms with Crippen LogP contribution in [0.5, 0.6) is 0 Å². The van der Waals surface area contributed by atoms with Crippen LogP contribution in [0.25, 0.3) is 6.08 Å². The number of aryl methyl sites for hydroxylation is 1. The van der Waals surface area contributed by atoms with E-state index in [2.05, 4.69) is 0 Å². The number of rotatable bonds is 2. The number of benzene rings is 1. The molecule has 1 N–H and O–H groups in total. The van der Waals surface area contributed by atoms with Crippen LogP contribution in [0.15, 0.2) is 24.3 Å². The largest absolute Gasteiger partial charge is 0.392 e. The third kappa shape index (κ3) is 1.61. The van der Waals surface area contributed by atoms with Crippen LogP contribution in [0, 0.1) is 0 Å². The topological polar surface area (TPSA) is 37.3 Å². The van der Waals surface area contributed by atoms with Gasteiger partial charge in [0, 0.05) is 12.0 Å². The number of carbonyl (C=O) groups excluding carboxylic acids is 1. The van der Waals surface area contributed by atoms with Gasteiger partial charge in [-0.15, -0.1) is 0 Å². The van der Waals surface area contributed by atoms with Crippen LogP contribution in [0.1, 0.15) is 27.9 Å². The summed E-state index contributed by atoms with van der Waals surface area (Å²) >= 11 is 0. The highest BCUT2D eigenvalue weighted by Crippen LogP contribution is 2.23. The standard InChI is InChI=1S/C12H12O2/c13-7-1-2-9-3-4-10-5-6-12(14)11(10)8-9/h1-4,8,13H,5-7H2. The molecule has 0 aliphatic heterocycles. The Hall–Kier alpha value is -1.41. The van der Waals surface area contributed by atoms with Gasteiger partial charge in [0.2, 0.25) is 0 Å². The first-order valence-corrected chi connectivity index (χ1v) is 4.75. The van der Waals surface area contributed by atoms with E-state index in [1.54, 1.807) is 6.08 Å². The first-order valence-electron chi connectivity index (χ1n) is 4.75. The van der Waals surface area contributed by atoms with Gasteiger partial charge in [0.15, 0.2) is 5.78 Å². The van der Waals surface area contributed by atoms with E-state index in [0.29, 0.717) is 6.42 Å². The lowest BCUT2D eigenvalue weighted by Gasteiger charge is -1.98. The maximum absolute atomic E-state index is 11.4. The van der Waals surface area contributed by atoms with Gasteiger partial charge < -0.3 is 5.11 Å². The van der Waals surface area contributed by atoms with Gasteiger partial charge >= 0.3 is 0 Å². The second-order valence-electron chi connectivity index (χ2n) is 3.42. The molecule has 2 rings (SSSR count). The number of ketones is 1. The first kappa shape index (κ1) is 9.16. The number of Topliss-reactive ketones (excluding diaryl/α,β-unsaturated/α-hetero) is 1. The van der Waals surface area contributed by atoms with Gasteiger partial charge in [-0.1, -0.05) is 24.3 Å². The molecule has 0 radical (unpaired) electrons. The first-order chi connectivity index (χ1) is 6.81. The summed E-state index contributed by atoms with van der Waals surface area (Å²) in [6.07, 6.45) is 5.01. The van der Waals surface area contributed by atoms with Crippen molar-refractivity contribution in [2.45, 2.75) is 12.8 Å². The van der Waals surface area contributed by atoms with Crippen molar-refractivity contribution in [3.8, 4) is 0 Å². The van der Waals surface area contributed by atoms with Crippen LogP contribution in [-0.4, -0.2) is 17.5 Å². The van der Waals surface area contributed by atoms with Crippen molar-refractivity contribution in [1.29, 1.82) is 0 Å².